The molecular weight excluding hydrogens is 418 g/mol. The fourth-order valence-electron chi connectivity index (χ4n) is 3.57. The molecule has 1 amide bonds. The first kappa shape index (κ1) is 22.0. The molecule has 0 saturated heterocycles. The third-order valence-electron chi connectivity index (χ3n) is 5.25. The molecule has 4 aromatic rings. The van der Waals surface area contributed by atoms with E-state index < -0.39 is 5.97 Å². The van der Waals surface area contributed by atoms with Gasteiger partial charge in [0.05, 0.1) is 36.9 Å². The van der Waals surface area contributed by atoms with Gasteiger partial charge in [-0.1, -0.05) is 29.8 Å². The number of aromatic nitrogens is 4. The predicted octanol–water partition coefficient (Wildman–Crippen LogP) is 4.16. The van der Waals surface area contributed by atoms with Gasteiger partial charge in [0.25, 0.3) is 5.91 Å². The van der Waals surface area contributed by atoms with Gasteiger partial charge in [0.2, 0.25) is 0 Å². The number of rotatable bonds is 7. The molecule has 0 saturated carbocycles. The second kappa shape index (κ2) is 9.52. The van der Waals surface area contributed by atoms with Crippen molar-refractivity contribution in [1.82, 2.24) is 19.6 Å². The number of carbonyl (C=O) groups excluding carboxylic acids is 2. The Kier molecular flexibility index (Phi) is 6.35. The van der Waals surface area contributed by atoms with Crippen LogP contribution in [-0.4, -0.2) is 38.0 Å². The average molecular weight is 444 g/mol. The Morgan fingerprint density at radius 2 is 1.82 bits per heavy atom. The number of ether oxygens (including phenoxy) is 1. The summed E-state index contributed by atoms with van der Waals surface area (Å²) in [6.07, 6.45) is 3.15. The van der Waals surface area contributed by atoms with Gasteiger partial charge in [-0.15, -0.1) is 0 Å². The lowest BCUT2D eigenvalue weighted by atomic mass is 10.1. The van der Waals surface area contributed by atoms with Gasteiger partial charge >= 0.3 is 5.97 Å². The predicted molar refractivity (Wildman–Crippen MR) is 125 cm³/mol. The smallest absolute Gasteiger partial charge is 0.341 e. The summed E-state index contributed by atoms with van der Waals surface area (Å²) in [4.78, 5) is 24.8. The van der Waals surface area contributed by atoms with E-state index in [1.165, 1.54) is 11.8 Å². The minimum atomic E-state index is -0.403. The largest absolute Gasteiger partial charge is 0.462 e. The Morgan fingerprint density at radius 1 is 1.03 bits per heavy atom. The second-order valence-electron chi connectivity index (χ2n) is 7.64. The molecule has 0 spiro atoms. The number of carbonyl (C=O) groups is 2. The minimum Gasteiger partial charge on any atom is -0.462 e. The third-order valence-corrected chi connectivity index (χ3v) is 5.25. The molecule has 4 rings (SSSR count). The van der Waals surface area contributed by atoms with Crippen LogP contribution in [0.15, 0.2) is 67.0 Å². The van der Waals surface area contributed by atoms with Gasteiger partial charge < -0.3 is 10.1 Å². The van der Waals surface area contributed by atoms with E-state index >= 15 is 0 Å². The third kappa shape index (κ3) is 4.85. The maximum absolute atomic E-state index is 12.8. The van der Waals surface area contributed by atoms with Crippen molar-refractivity contribution in [1.29, 1.82) is 0 Å². The molecule has 168 valence electrons. The van der Waals surface area contributed by atoms with E-state index in [2.05, 4.69) is 21.6 Å². The highest BCUT2D eigenvalue weighted by atomic mass is 16.5. The van der Waals surface area contributed by atoms with Crippen LogP contribution in [0.25, 0.3) is 5.69 Å². The zero-order chi connectivity index (χ0) is 23.4. The van der Waals surface area contributed by atoms with E-state index in [4.69, 9.17) is 4.74 Å². The minimum absolute atomic E-state index is 0.239. The molecule has 0 radical (unpaired) electrons. The number of esters is 1. The summed E-state index contributed by atoms with van der Waals surface area (Å²) >= 11 is 0. The monoisotopic (exact) mass is 443 g/mol. The first-order valence-electron chi connectivity index (χ1n) is 10.7. The zero-order valence-electron chi connectivity index (χ0n) is 18.8. The van der Waals surface area contributed by atoms with Crippen molar-refractivity contribution < 1.29 is 14.3 Å². The standard InChI is InChI=1S/C25H25N5O3/c1-4-33-25(32)22-15-27-30(18(22)3)21-10-8-20(9-11-21)24(31)28-23-12-13-26-29(23)16-19-7-5-6-17(2)14-19/h5-15H,4,16H2,1-3H3,(H,28,31). The van der Waals surface area contributed by atoms with Crippen molar-refractivity contribution >= 4 is 17.7 Å². The lowest BCUT2D eigenvalue weighted by molar-refractivity contribution is 0.0525. The summed E-state index contributed by atoms with van der Waals surface area (Å²) in [6.45, 7) is 6.47. The molecule has 0 aliphatic heterocycles. The molecule has 0 atom stereocenters. The van der Waals surface area contributed by atoms with Crippen LogP contribution < -0.4 is 5.32 Å². The van der Waals surface area contributed by atoms with E-state index in [0.29, 0.717) is 35.8 Å². The van der Waals surface area contributed by atoms with E-state index in [-0.39, 0.29) is 5.91 Å². The highest BCUT2D eigenvalue weighted by Gasteiger charge is 2.16. The summed E-state index contributed by atoms with van der Waals surface area (Å²) in [5.41, 5.74) is 4.61. The quantitative estimate of drug-likeness (QED) is 0.433. The van der Waals surface area contributed by atoms with E-state index in [1.54, 1.807) is 59.7 Å². The molecule has 2 aromatic heterocycles. The molecule has 1 N–H and O–H groups in total. The van der Waals surface area contributed by atoms with Crippen LogP contribution in [0.4, 0.5) is 5.82 Å². The van der Waals surface area contributed by atoms with Gasteiger partial charge in [0.15, 0.2) is 0 Å². The number of nitrogens with zero attached hydrogens (tertiary/aromatic N) is 4. The van der Waals surface area contributed by atoms with Crippen LogP contribution in [0.2, 0.25) is 0 Å². The fraction of sp³-hybridized carbons (Fsp3) is 0.200. The van der Waals surface area contributed by atoms with Crippen molar-refractivity contribution in [3.8, 4) is 5.69 Å². The first-order valence-corrected chi connectivity index (χ1v) is 10.7. The molecular formula is C25H25N5O3. The molecule has 2 aromatic carbocycles. The van der Waals surface area contributed by atoms with Gasteiger partial charge in [-0.3, -0.25) is 4.79 Å². The number of benzene rings is 2. The Hall–Kier alpha value is -4.20. The molecule has 2 heterocycles. The van der Waals surface area contributed by atoms with Gasteiger partial charge in [-0.25, -0.2) is 14.2 Å². The fourth-order valence-corrected chi connectivity index (χ4v) is 3.57. The highest BCUT2D eigenvalue weighted by molar-refractivity contribution is 6.03. The Bertz CT molecular complexity index is 1290. The van der Waals surface area contributed by atoms with Crippen LogP contribution in [0.1, 0.15) is 44.5 Å². The maximum atomic E-state index is 12.8. The second-order valence-corrected chi connectivity index (χ2v) is 7.64. The van der Waals surface area contributed by atoms with Crippen LogP contribution in [0, 0.1) is 13.8 Å². The normalized spacial score (nSPS) is 10.8. The number of hydrogen-bond acceptors (Lipinski definition) is 5. The zero-order valence-corrected chi connectivity index (χ0v) is 18.8. The van der Waals surface area contributed by atoms with Gasteiger partial charge in [-0.05, 0) is 50.6 Å². The van der Waals surface area contributed by atoms with E-state index in [0.717, 1.165) is 11.3 Å². The van der Waals surface area contributed by atoms with Crippen LogP contribution in [0.5, 0.6) is 0 Å². The number of aryl methyl sites for hydroxylation is 1. The molecule has 33 heavy (non-hydrogen) atoms. The maximum Gasteiger partial charge on any atom is 0.341 e. The number of amides is 1. The lowest BCUT2D eigenvalue weighted by Gasteiger charge is -2.10. The van der Waals surface area contributed by atoms with Crippen LogP contribution in [0.3, 0.4) is 0 Å². The van der Waals surface area contributed by atoms with Crippen molar-refractivity contribution in [2.45, 2.75) is 27.3 Å². The Balaban J connectivity index is 1.47. The molecule has 0 aliphatic rings. The molecule has 8 heteroatoms. The summed E-state index contributed by atoms with van der Waals surface area (Å²) in [7, 11) is 0. The number of nitrogens with one attached hydrogen (secondary N) is 1. The average Bonchev–Trinajstić information content (AvgIpc) is 3.40. The van der Waals surface area contributed by atoms with Gasteiger partial charge in [-0.2, -0.15) is 10.2 Å². The highest BCUT2D eigenvalue weighted by Crippen LogP contribution is 2.17. The lowest BCUT2D eigenvalue weighted by Crippen LogP contribution is -2.16. The molecule has 8 nitrogen and oxygen atoms in total. The molecule has 0 unspecified atom stereocenters. The van der Waals surface area contributed by atoms with Crippen LogP contribution in [-0.2, 0) is 11.3 Å². The van der Waals surface area contributed by atoms with E-state index in [1.807, 2.05) is 25.1 Å². The first-order chi connectivity index (χ1) is 16.0. The summed E-state index contributed by atoms with van der Waals surface area (Å²) in [5, 5.41) is 11.5. The number of hydrogen-bond donors (Lipinski definition) is 1. The topological polar surface area (TPSA) is 91.0 Å². The summed E-state index contributed by atoms with van der Waals surface area (Å²) in [6, 6.07) is 17.0. The molecule has 0 aliphatic carbocycles. The van der Waals surface area contributed by atoms with E-state index in [9.17, 15) is 9.59 Å². The summed E-state index contributed by atoms with van der Waals surface area (Å²) < 4.78 is 8.46. The Labute approximate surface area is 191 Å². The van der Waals surface area contributed by atoms with Crippen LogP contribution >= 0.6 is 0 Å². The molecule has 0 fully saturated rings. The van der Waals surface area contributed by atoms with Crippen molar-refractivity contribution in [2.75, 3.05) is 11.9 Å². The van der Waals surface area contributed by atoms with Gasteiger partial charge in [0.1, 0.15) is 11.4 Å². The molecule has 0 bridgehead atoms. The van der Waals surface area contributed by atoms with Crippen molar-refractivity contribution in [3.05, 3.63) is 94.9 Å². The van der Waals surface area contributed by atoms with Crippen molar-refractivity contribution in [2.24, 2.45) is 0 Å². The Morgan fingerprint density at radius 3 is 2.55 bits per heavy atom. The van der Waals surface area contributed by atoms with Gasteiger partial charge in [0, 0.05) is 11.6 Å². The summed E-state index contributed by atoms with van der Waals surface area (Å²) in [5.74, 6) is -0.0240. The van der Waals surface area contributed by atoms with Crippen molar-refractivity contribution in [3.63, 3.8) is 0 Å². The number of anilines is 1. The SMILES string of the molecule is CCOC(=O)c1cnn(-c2ccc(C(=O)Nc3ccnn3Cc3cccc(C)c3)cc2)c1C.